The first kappa shape index (κ1) is 36.0. The second kappa shape index (κ2) is 15.5. The summed E-state index contributed by atoms with van der Waals surface area (Å²) >= 11 is 0. The van der Waals surface area contributed by atoms with Crippen LogP contribution in [-0.4, -0.2) is 102 Å². The molecule has 0 radical (unpaired) electrons. The third-order valence-corrected chi connectivity index (χ3v) is 10.7. The molecule has 2 aromatic rings. The van der Waals surface area contributed by atoms with Crippen LogP contribution in [0.4, 0.5) is 0 Å². The number of nitrogens with one attached hydrogen (secondary N) is 2. The molecule has 1 aliphatic carbocycles. The fourth-order valence-electron chi connectivity index (χ4n) is 7.40. The number of carbonyl (C=O) groups excluding carboxylic acids is 3. The van der Waals surface area contributed by atoms with Crippen molar-refractivity contribution < 1.29 is 19.1 Å². The molecule has 1 saturated carbocycles. The summed E-state index contributed by atoms with van der Waals surface area (Å²) in [7, 11) is 3.65. The molecule has 3 aliphatic rings. The van der Waals surface area contributed by atoms with E-state index in [1.165, 1.54) is 11.1 Å². The summed E-state index contributed by atoms with van der Waals surface area (Å²) in [5.41, 5.74) is 1.86. The second-order valence-corrected chi connectivity index (χ2v) is 15.2. The average Bonchev–Trinajstić information content (AvgIpc) is 3.96. The van der Waals surface area contributed by atoms with Gasteiger partial charge in [-0.05, 0) is 75.5 Å². The van der Waals surface area contributed by atoms with Gasteiger partial charge in [-0.15, -0.1) is 0 Å². The van der Waals surface area contributed by atoms with Gasteiger partial charge < -0.3 is 25.2 Å². The molecule has 9 nitrogen and oxygen atoms in total. The minimum Gasteiger partial charge on any atom is -0.353 e. The van der Waals surface area contributed by atoms with Gasteiger partial charge in [0.25, 0.3) is 0 Å². The molecule has 2 heterocycles. The quantitative estimate of drug-likeness (QED) is 0.260. The Balaban J connectivity index is 1.21. The van der Waals surface area contributed by atoms with Crippen molar-refractivity contribution in [2.24, 2.45) is 5.41 Å². The molecule has 3 fully saturated rings. The number of hydrogen-bond acceptors (Lipinski definition) is 6. The molecule has 262 valence electrons. The van der Waals surface area contributed by atoms with E-state index >= 15 is 0 Å². The van der Waals surface area contributed by atoms with Gasteiger partial charge >= 0.3 is 0 Å². The summed E-state index contributed by atoms with van der Waals surface area (Å²) in [5.74, 6) is 0.0335. The molecule has 9 heteroatoms. The molecule has 1 spiro atoms. The SMILES string of the molecule is CN[C@@H](C)C(=O)N[C@H](C(=O)N1CCCC12CC2N(CCc1ccccc1)C1OC1CCCC(=O)N(C)CCc1ccccc1)C(C)(C)C. The van der Waals surface area contributed by atoms with Crippen LogP contribution in [-0.2, 0) is 32.0 Å². The van der Waals surface area contributed by atoms with Crippen LogP contribution in [0.15, 0.2) is 60.7 Å². The molecule has 48 heavy (non-hydrogen) atoms. The van der Waals surface area contributed by atoms with Crippen molar-refractivity contribution >= 4 is 17.7 Å². The molecule has 4 unspecified atom stereocenters. The predicted octanol–water partition coefficient (Wildman–Crippen LogP) is 4.40. The van der Waals surface area contributed by atoms with Gasteiger partial charge in [0.1, 0.15) is 12.3 Å². The summed E-state index contributed by atoms with van der Waals surface area (Å²) in [5, 5.41) is 6.07. The molecular weight excluding hydrogens is 602 g/mol. The number of carbonyl (C=O) groups is 3. The number of likely N-dealkylation sites (N-methyl/N-ethyl adjacent to an activating group) is 2. The first-order chi connectivity index (χ1) is 22.9. The minimum absolute atomic E-state index is 0.00357. The summed E-state index contributed by atoms with van der Waals surface area (Å²) in [6.45, 7) is 10.1. The highest BCUT2D eigenvalue weighted by Crippen LogP contribution is 2.55. The zero-order chi connectivity index (χ0) is 34.5. The third-order valence-electron chi connectivity index (χ3n) is 10.7. The van der Waals surface area contributed by atoms with Gasteiger partial charge in [-0.2, -0.15) is 0 Å². The minimum atomic E-state index is -0.608. The van der Waals surface area contributed by atoms with E-state index in [1.54, 1.807) is 7.05 Å². The van der Waals surface area contributed by atoms with E-state index in [4.69, 9.17) is 4.74 Å². The Labute approximate surface area is 287 Å². The van der Waals surface area contributed by atoms with Crippen molar-refractivity contribution in [1.29, 1.82) is 0 Å². The predicted molar refractivity (Wildman–Crippen MR) is 189 cm³/mol. The highest BCUT2D eigenvalue weighted by molar-refractivity contribution is 5.91. The van der Waals surface area contributed by atoms with E-state index in [-0.39, 0.29) is 47.7 Å². The standard InChI is InChI=1S/C39H57N5O4/c1-28(40-5)35(46)41-34(38(2,3)4)36(47)44-24-14-23-39(44)27-32(39)43(26-22-30-17-11-8-12-18-30)37-31(48-37)19-13-20-33(45)42(6)25-21-29-15-9-7-10-16-29/h7-12,15-18,28,31-32,34,37,40H,13-14,19-27H2,1-6H3,(H,41,46)/t28-,31?,32?,34+,37?,39?/m0/s1. The molecule has 0 bridgehead atoms. The third kappa shape index (κ3) is 8.65. The van der Waals surface area contributed by atoms with E-state index in [9.17, 15) is 14.4 Å². The van der Waals surface area contributed by atoms with Crippen molar-refractivity contribution in [2.45, 2.75) is 115 Å². The fourth-order valence-corrected chi connectivity index (χ4v) is 7.40. The number of epoxide rings is 1. The summed E-state index contributed by atoms with van der Waals surface area (Å²) < 4.78 is 6.34. The Morgan fingerprint density at radius 3 is 2.23 bits per heavy atom. The number of likely N-dealkylation sites (tertiary alicyclic amines) is 1. The van der Waals surface area contributed by atoms with Crippen molar-refractivity contribution in [1.82, 2.24) is 25.3 Å². The fraction of sp³-hybridized carbons (Fsp3) is 0.615. The molecule has 0 aromatic heterocycles. The Bertz CT molecular complexity index is 1380. The molecule has 2 N–H and O–H groups in total. The maximum Gasteiger partial charge on any atom is 0.246 e. The number of ether oxygens (including phenoxy) is 1. The lowest BCUT2D eigenvalue weighted by Crippen LogP contribution is -2.59. The molecule has 5 rings (SSSR count). The van der Waals surface area contributed by atoms with Gasteiger partial charge in [-0.25, -0.2) is 0 Å². The molecule has 2 aromatic carbocycles. The lowest BCUT2D eigenvalue weighted by Gasteiger charge is -2.37. The van der Waals surface area contributed by atoms with Crippen LogP contribution >= 0.6 is 0 Å². The van der Waals surface area contributed by atoms with Crippen molar-refractivity contribution in [2.75, 3.05) is 33.7 Å². The smallest absolute Gasteiger partial charge is 0.246 e. The van der Waals surface area contributed by atoms with Crippen LogP contribution in [0.25, 0.3) is 0 Å². The van der Waals surface area contributed by atoms with Crippen LogP contribution in [0, 0.1) is 5.41 Å². The van der Waals surface area contributed by atoms with Crippen LogP contribution in [0.2, 0.25) is 0 Å². The number of amides is 3. The van der Waals surface area contributed by atoms with Crippen molar-refractivity contribution in [3.05, 3.63) is 71.8 Å². The van der Waals surface area contributed by atoms with E-state index in [2.05, 4.69) is 56.8 Å². The van der Waals surface area contributed by atoms with Gasteiger partial charge in [-0.1, -0.05) is 81.4 Å². The van der Waals surface area contributed by atoms with Gasteiger partial charge in [0.05, 0.1) is 17.7 Å². The van der Waals surface area contributed by atoms with Crippen LogP contribution in [0.1, 0.15) is 77.3 Å². The normalized spacial score (nSPS) is 24.4. The van der Waals surface area contributed by atoms with Crippen molar-refractivity contribution in [3.63, 3.8) is 0 Å². The first-order valence-corrected chi connectivity index (χ1v) is 18.0. The van der Waals surface area contributed by atoms with Gasteiger partial charge in [-0.3, -0.25) is 19.3 Å². The Morgan fingerprint density at radius 2 is 1.62 bits per heavy atom. The zero-order valence-corrected chi connectivity index (χ0v) is 29.9. The lowest BCUT2D eigenvalue weighted by atomic mass is 9.85. The Morgan fingerprint density at radius 1 is 1.00 bits per heavy atom. The molecule has 3 amide bonds. The van der Waals surface area contributed by atoms with Crippen molar-refractivity contribution in [3.8, 4) is 0 Å². The van der Waals surface area contributed by atoms with Gasteiger partial charge in [0, 0.05) is 39.1 Å². The second-order valence-electron chi connectivity index (χ2n) is 15.2. The highest BCUT2D eigenvalue weighted by atomic mass is 16.6. The maximum atomic E-state index is 14.3. The lowest BCUT2D eigenvalue weighted by molar-refractivity contribution is -0.141. The summed E-state index contributed by atoms with van der Waals surface area (Å²) in [4.78, 5) is 46.5. The number of nitrogens with zero attached hydrogens (tertiary/aromatic N) is 3. The summed E-state index contributed by atoms with van der Waals surface area (Å²) in [6.07, 6.45) is 6.84. The molecule has 2 aliphatic heterocycles. The zero-order valence-electron chi connectivity index (χ0n) is 29.9. The Kier molecular flexibility index (Phi) is 11.6. The number of rotatable bonds is 16. The van der Waals surface area contributed by atoms with E-state index < -0.39 is 11.5 Å². The molecular formula is C39H57N5O4. The number of benzene rings is 2. The Hall–Kier alpha value is -3.27. The molecule has 2 saturated heterocycles. The van der Waals surface area contributed by atoms with Crippen LogP contribution in [0.3, 0.4) is 0 Å². The van der Waals surface area contributed by atoms with E-state index in [1.807, 2.05) is 63.9 Å². The monoisotopic (exact) mass is 659 g/mol. The molecule has 6 atom stereocenters. The topological polar surface area (TPSA) is 97.5 Å². The van der Waals surface area contributed by atoms with E-state index in [0.29, 0.717) is 19.5 Å². The average molecular weight is 660 g/mol. The highest BCUT2D eigenvalue weighted by Gasteiger charge is 2.67. The van der Waals surface area contributed by atoms with Crippen LogP contribution < -0.4 is 10.6 Å². The van der Waals surface area contributed by atoms with E-state index in [0.717, 1.165) is 51.5 Å². The first-order valence-electron chi connectivity index (χ1n) is 18.0. The maximum absolute atomic E-state index is 14.3. The van der Waals surface area contributed by atoms with Gasteiger partial charge in [0.2, 0.25) is 17.7 Å². The summed E-state index contributed by atoms with van der Waals surface area (Å²) in [6, 6.07) is 20.0. The van der Waals surface area contributed by atoms with Crippen LogP contribution in [0.5, 0.6) is 0 Å². The largest absolute Gasteiger partial charge is 0.353 e. The number of hydrogen-bond donors (Lipinski definition) is 2. The van der Waals surface area contributed by atoms with Gasteiger partial charge in [0.15, 0.2) is 0 Å².